The van der Waals surface area contributed by atoms with E-state index in [1.807, 2.05) is 0 Å². The van der Waals surface area contributed by atoms with Gasteiger partial charge in [-0.2, -0.15) is 0 Å². The summed E-state index contributed by atoms with van der Waals surface area (Å²) < 4.78 is 5.85. The second-order valence-electron chi connectivity index (χ2n) is 18.2. The molecule has 0 spiro atoms. The Morgan fingerprint density at radius 1 is 0.818 bits per heavy atom. The lowest BCUT2D eigenvalue weighted by Crippen LogP contribution is -2.66. The van der Waals surface area contributed by atoms with Gasteiger partial charge in [-0.05, 0) is 116 Å². The molecule has 6 aliphatic rings. The maximum atomic E-state index is 14.1. The minimum Gasteiger partial charge on any atom is -0.481 e. The van der Waals surface area contributed by atoms with E-state index in [0.29, 0.717) is 18.3 Å². The zero-order chi connectivity index (χ0) is 32.4. The van der Waals surface area contributed by atoms with Gasteiger partial charge in [0, 0.05) is 5.92 Å². The van der Waals surface area contributed by atoms with E-state index < -0.39 is 41.9 Å². The van der Waals surface area contributed by atoms with E-state index >= 15 is 0 Å². The lowest BCUT2D eigenvalue weighted by atomic mass is 9.33. The van der Waals surface area contributed by atoms with Crippen LogP contribution in [0.4, 0.5) is 0 Å². The number of aliphatic carboxylic acids is 1. The van der Waals surface area contributed by atoms with Crippen LogP contribution in [0.2, 0.25) is 0 Å². The predicted octanol–water partition coefficient (Wildman–Crippen LogP) is 5.93. The first-order valence-corrected chi connectivity index (χ1v) is 17.4. The van der Waals surface area contributed by atoms with E-state index in [-0.39, 0.29) is 44.7 Å². The van der Waals surface area contributed by atoms with Gasteiger partial charge in [0.2, 0.25) is 0 Å². The number of aliphatic hydroxyl groups excluding tert-OH is 3. The lowest BCUT2D eigenvalue weighted by Gasteiger charge is -2.71. The molecular weight excluding hydrogens is 556 g/mol. The smallest absolute Gasteiger partial charge is 0.310 e. The van der Waals surface area contributed by atoms with Gasteiger partial charge in [-0.15, -0.1) is 0 Å². The third-order valence-electron chi connectivity index (χ3n) is 15.6. The topological polar surface area (TPSA) is 124 Å². The van der Waals surface area contributed by atoms with Gasteiger partial charge in [0.25, 0.3) is 0 Å². The number of rotatable bonds is 3. The Morgan fingerprint density at radius 2 is 1.48 bits per heavy atom. The van der Waals surface area contributed by atoms with Crippen LogP contribution < -0.4 is 0 Å². The fourth-order valence-electron chi connectivity index (χ4n) is 12.6. The number of ketones is 1. The summed E-state index contributed by atoms with van der Waals surface area (Å²) in [6, 6.07) is 0. The van der Waals surface area contributed by atoms with Crippen molar-refractivity contribution < 1.29 is 34.8 Å². The van der Waals surface area contributed by atoms with Gasteiger partial charge in [-0.3, -0.25) is 9.59 Å². The number of ether oxygens (including phenoxy) is 1. The molecule has 0 aromatic carbocycles. The molecule has 5 aliphatic carbocycles. The molecule has 0 bridgehead atoms. The highest BCUT2D eigenvalue weighted by atomic mass is 16.5. The van der Waals surface area contributed by atoms with Gasteiger partial charge in [-0.25, -0.2) is 0 Å². The Kier molecular flexibility index (Phi) is 7.50. The standard InChI is InChI=1S/C37H58O7/c1-20-26(38)28(40)29(41)30(44-20)27(39)22-11-13-34(6)24(33(22,4)5)12-14-36(8)25(34)10-9-21-23-19-32(2,3)15-17-37(23,31(42)43)18-16-35(21,36)7/h9,20,22-26,28-30,38,40-41H,10-19H2,1-8H3,(H,42,43)/t20?,22-,23?,24?,25?,26-,28-,29?,30-,34-,35+,36+,37-/m0/s1. The number of fused-ring (bicyclic) bond motifs is 7. The first kappa shape index (κ1) is 32.7. The van der Waals surface area contributed by atoms with Crippen LogP contribution in [0.1, 0.15) is 120 Å². The van der Waals surface area contributed by atoms with Crippen molar-refractivity contribution in [3.05, 3.63) is 11.6 Å². The molecule has 6 rings (SSSR count). The summed E-state index contributed by atoms with van der Waals surface area (Å²) in [5, 5.41) is 42.1. The van der Waals surface area contributed by atoms with Gasteiger partial charge < -0.3 is 25.2 Å². The number of allylic oxidation sites excluding steroid dienone is 2. The summed E-state index contributed by atoms with van der Waals surface area (Å²) in [4.78, 5) is 27.0. The van der Waals surface area contributed by atoms with Crippen LogP contribution in [0.25, 0.3) is 0 Å². The minimum absolute atomic E-state index is 0.0144. The Bertz CT molecular complexity index is 1240. The molecule has 13 atom stereocenters. The fourth-order valence-corrected chi connectivity index (χ4v) is 12.6. The van der Waals surface area contributed by atoms with Crippen molar-refractivity contribution in [1.29, 1.82) is 0 Å². The number of carboxylic acids is 1. The molecule has 1 aliphatic heterocycles. The number of carboxylic acid groups (broad SMARTS) is 1. The van der Waals surface area contributed by atoms with E-state index in [0.717, 1.165) is 57.8 Å². The molecule has 1 saturated heterocycles. The summed E-state index contributed by atoms with van der Waals surface area (Å²) in [5.74, 6) is -0.227. The highest BCUT2D eigenvalue weighted by Gasteiger charge is 2.70. The molecule has 5 fully saturated rings. The van der Waals surface area contributed by atoms with Gasteiger partial charge in [0.1, 0.15) is 24.4 Å². The molecule has 0 amide bonds. The number of hydrogen-bond acceptors (Lipinski definition) is 6. The summed E-state index contributed by atoms with van der Waals surface area (Å²) in [5.41, 5.74) is 0.605. The highest BCUT2D eigenvalue weighted by Crippen LogP contribution is 2.76. The zero-order valence-corrected chi connectivity index (χ0v) is 28.4. The molecule has 0 aromatic heterocycles. The quantitative estimate of drug-likeness (QED) is 0.291. The van der Waals surface area contributed by atoms with Crippen LogP contribution in [-0.4, -0.2) is 62.7 Å². The van der Waals surface area contributed by atoms with Crippen LogP contribution >= 0.6 is 0 Å². The zero-order valence-electron chi connectivity index (χ0n) is 28.4. The third-order valence-corrected chi connectivity index (χ3v) is 15.6. The third kappa shape index (κ3) is 4.20. The van der Waals surface area contributed by atoms with E-state index in [2.05, 4.69) is 54.5 Å². The average molecular weight is 615 g/mol. The lowest BCUT2D eigenvalue weighted by molar-refractivity contribution is -0.225. The normalized spacial score (nSPS) is 52.8. The molecule has 44 heavy (non-hydrogen) atoms. The number of aliphatic hydroxyl groups is 3. The first-order valence-electron chi connectivity index (χ1n) is 17.4. The molecule has 4 N–H and O–H groups in total. The van der Waals surface area contributed by atoms with Gasteiger partial charge >= 0.3 is 5.97 Å². The van der Waals surface area contributed by atoms with Crippen molar-refractivity contribution in [3.8, 4) is 0 Å². The van der Waals surface area contributed by atoms with Crippen molar-refractivity contribution >= 4 is 11.8 Å². The number of carbonyl (C=O) groups excluding carboxylic acids is 1. The molecule has 5 unspecified atom stereocenters. The van der Waals surface area contributed by atoms with Crippen LogP contribution in [0.15, 0.2) is 11.6 Å². The summed E-state index contributed by atoms with van der Waals surface area (Å²) in [7, 11) is 0. The van der Waals surface area contributed by atoms with Crippen LogP contribution in [0.3, 0.4) is 0 Å². The monoisotopic (exact) mass is 614 g/mol. The van der Waals surface area contributed by atoms with E-state index in [1.54, 1.807) is 6.92 Å². The summed E-state index contributed by atoms with van der Waals surface area (Å²) in [6.45, 7) is 18.2. The number of carbonyl (C=O) groups is 2. The van der Waals surface area contributed by atoms with Crippen molar-refractivity contribution in [2.75, 3.05) is 0 Å². The first-order chi connectivity index (χ1) is 20.3. The number of hydrogen-bond donors (Lipinski definition) is 4. The SMILES string of the molecule is CC1O[C@@H](C(=O)[C@@H]2CC[C@@]3(C)C(CC[C@]4(C)C3CC=C3C5CC(C)(C)CC[C@]5(C(=O)O)CC[C@]34C)C2(C)C)C(O)[C@@H](O)[C@H]1O. The molecular formula is C37H58O7. The van der Waals surface area contributed by atoms with Crippen molar-refractivity contribution in [2.45, 2.75) is 150 Å². The van der Waals surface area contributed by atoms with Gasteiger partial charge in [0.15, 0.2) is 5.78 Å². The van der Waals surface area contributed by atoms with E-state index in [4.69, 9.17) is 4.74 Å². The Morgan fingerprint density at radius 3 is 2.14 bits per heavy atom. The summed E-state index contributed by atoms with van der Waals surface area (Å²) >= 11 is 0. The molecule has 0 aromatic rings. The maximum absolute atomic E-state index is 14.1. The molecule has 7 heteroatoms. The van der Waals surface area contributed by atoms with E-state index in [9.17, 15) is 30.0 Å². The molecule has 7 nitrogen and oxygen atoms in total. The van der Waals surface area contributed by atoms with Crippen molar-refractivity contribution in [2.24, 2.45) is 56.2 Å². The number of Topliss-reactive ketones (excluding diaryl/α,β-unsaturated/α-hetero) is 1. The highest BCUT2D eigenvalue weighted by molar-refractivity contribution is 5.87. The van der Waals surface area contributed by atoms with Crippen molar-refractivity contribution in [1.82, 2.24) is 0 Å². The van der Waals surface area contributed by atoms with Gasteiger partial charge in [0.05, 0.1) is 11.5 Å². The van der Waals surface area contributed by atoms with Crippen LogP contribution in [0.5, 0.6) is 0 Å². The largest absolute Gasteiger partial charge is 0.481 e. The van der Waals surface area contributed by atoms with Crippen LogP contribution in [-0.2, 0) is 14.3 Å². The molecule has 1 heterocycles. The van der Waals surface area contributed by atoms with Gasteiger partial charge in [-0.1, -0.05) is 60.1 Å². The van der Waals surface area contributed by atoms with Crippen molar-refractivity contribution in [3.63, 3.8) is 0 Å². The minimum atomic E-state index is -1.44. The Labute approximate surface area is 264 Å². The second-order valence-corrected chi connectivity index (χ2v) is 18.2. The second kappa shape index (κ2) is 10.1. The summed E-state index contributed by atoms with van der Waals surface area (Å²) in [6.07, 6.45) is 5.54. The molecule has 248 valence electrons. The average Bonchev–Trinajstić information content (AvgIpc) is 2.93. The molecule has 4 saturated carbocycles. The van der Waals surface area contributed by atoms with E-state index in [1.165, 1.54) is 5.57 Å². The fraction of sp³-hybridized carbons (Fsp3) is 0.892. The molecule has 0 radical (unpaired) electrons. The Hall–Kier alpha value is -1.28. The maximum Gasteiger partial charge on any atom is 0.310 e. The predicted molar refractivity (Wildman–Crippen MR) is 168 cm³/mol. The Balaban J connectivity index is 1.32. The van der Waals surface area contributed by atoms with Crippen LogP contribution in [0, 0.1) is 56.2 Å².